The molecule has 106 valence electrons. The molecule has 0 amide bonds. The van der Waals surface area contributed by atoms with Gasteiger partial charge in [0.1, 0.15) is 0 Å². The normalized spacial score (nSPS) is 40.0. The first kappa shape index (κ1) is 14.3. The molecular weight excluding hydrogens is 224 g/mol. The van der Waals surface area contributed by atoms with Crippen LogP contribution in [0.3, 0.4) is 0 Å². The molecule has 0 bridgehead atoms. The van der Waals surface area contributed by atoms with Gasteiger partial charge in [-0.05, 0) is 31.7 Å². The van der Waals surface area contributed by atoms with Gasteiger partial charge in [0.05, 0.1) is 6.10 Å². The standard InChI is InChI=1S/C15H30N2O/c1-15(2)13(9-14(15)18-3)17-10-11-7-5-4-6-8-12(11)16/h11-14,17H,4-10,16H2,1-3H3. The largest absolute Gasteiger partial charge is 0.381 e. The topological polar surface area (TPSA) is 47.3 Å². The van der Waals surface area contributed by atoms with E-state index in [1.54, 1.807) is 0 Å². The highest BCUT2D eigenvalue weighted by Crippen LogP contribution is 2.42. The van der Waals surface area contributed by atoms with Crippen LogP contribution in [0.2, 0.25) is 0 Å². The van der Waals surface area contributed by atoms with Gasteiger partial charge in [-0.15, -0.1) is 0 Å². The summed E-state index contributed by atoms with van der Waals surface area (Å²) < 4.78 is 5.50. The summed E-state index contributed by atoms with van der Waals surface area (Å²) >= 11 is 0. The van der Waals surface area contributed by atoms with Crippen molar-refractivity contribution < 1.29 is 4.74 Å². The predicted molar refractivity (Wildman–Crippen MR) is 75.5 cm³/mol. The highest BCUT2D eigenvalue weighted by Gasteiger charge is 2.48. The van der Waals surface area contributed by atoms with Gasteiger partial charge in [0.15, 0.2) is 0 Å². The highest BCUT2D eigenvalue weighted by atomic mass is 16.5. The average Bonchev–Trinajstić information content (AvgIpc) is 2.53. The van der Waals surface area contributed by atoms with Gasteiger partial charge >= 0.3 is 0 Å². The Bertz CT molecular complexity index is 267. The zero-order chi connectivity index (χ0) is 13.2. The van der Waals surface area contributed by atoms with E-state index in [9.17, 15) is 0 Å². The maximum absolute atomic E-state index is 6.28. The van der Waals surface area contributed by atoms with Gasteiger partial charge in [-0.25, -0.2) is 0 Å². The molecular formula is C15H30N2O. The summed E-state index contributed by atoms with van der Waals surface area (Å²) in [6.07, 6.45) is 8.11. The van der Waals surface area contributed by atoms with Crippen LogP contribution in [0.5, 0.6) is 0 Å². The fourth-order valence-electron chi connectivity index (χ4n) is 3.59. The number of methoxy groups -OCH3 is 1. The van der Waals surface area contributed by atoms with E-state index in [1.165, 1.54) is 32.1 Å². The van der Waals surface area contributed by atoms with Gasteiger partial charge in [-0.3, -0.25) is 0 Å². The Morgan fingerprint density at radius 2 is 1.94 bits per heavy atom. The van der Waals surface area contributed by atoms with Crippen molar-refractivity contribution in [1.29, 1.82) is 0 Å². The lowest BCUT2D eigenvalue weighted by molar-refractivity contribution is -0.0982. The van der Waals surface area contributed by atoms with Crippen LogP contribution in [0.4, 0.5) is 0 Å². The number of hydrogen-bond acceptors (Lipinski definition) is 3. The summed E-state index contributed by atoms with van der Waals surface area (Å²) in [5, 5.41) is 3.74. The summed E-state index contributed by atoms with van der Waals surface area (Å²) in [6.45, 7) is 5.69. The molecule has 2 fully saturated rings. The van der Waals surface area contributed by atoms with E-state index in [1.807, 2.05) is 7.11 Å². The third-order valence-electron chi connectivity index (χ3n) is 5.31. The summed E-state index contributed by atoms with van der Waals surface area (Å²) in [6, 6.07) is 0.999. The number of ether oxygens (including phenoxy) is 1. The van der Waals surface area contributed by atoms with Gasteiger partial charge < -0.3 is 15.8 Å². The van der Waals surface area contributed by atoms with Gasteiger partial charge in [0, 0.05) is 24.6 Å². The predicted octanol–water partition coefficient (Wildman–Crippen LogP) is 2.30. The molecule has 3 N–H and O–H groups in total. The minimum atomic E-state index is 0.267. The zero-order valence-electron chi connectivity index (χ0n) is 12.2. The van der Waals surface area contributed by atoms with E-state index in [0.717, 1.165) is 13.0 Å². The molecule has 0 spiro atoms. The smallest absolute Gasteiger partial charge is 0.0652 e. The number of rotatable bonds is 4. The second-order valence-electron chi connectivity index (χ2n) is 6.80. The lowest BCUT2D eigenvalue weighted by atomic mass is 9.64. The van der Waals surface area contributed by atoms with Crippen molar-refractivity contribution >= 4 is 0 Å². The maximum atomic E-state index is 6.28. The maximum Gasteiger partial charge on any atom is 0.0652 e. The quantitative estimate of drug-likeness (QED) is 0.757. The summed E-state index contributed by atoms with van der Waals surface area (Å²) in [5.41, 5.74) is 6.55. The Kier molecular flexibility index (Phi) is 4.68. The van der Waals surface area contributed by atoms with Crippen LogP contribution in [-0.4, -0.2) is 31.8 Å². The average molecular weight is 254 g/mol. The first-order chi connectivity index (χ1) is 8.55. The van der Waals surface area contributed by atoms with E-state index in [2.05, 4.69) is 19.2 Å². The highest BCUT2D eigenvalue weighted by molar-refractivity contribution is 5.02. The van der Waals surface area contributed by atoms with Crippen molar-refractivity contribution in [2.45, 2.75) is 70.6 Å². The minimum Gasteiger partial charge on any atom is -0.381 e. The van der Waals surface area contributed by atoms with Crippen molar-refractivity contribution in [2.75, 3.05) is 13.7 Å². The van der Waals surface area contributed by atoms with Gasteiger partial charge in [0.2, 0.25) is 0 Å². The van der Waals surface area contributed by atoms with Crippen molar-refractivity contribution in [3.63, 3.8) is 0 Å². The first-order valence-corrected chi connectivity index (χ1v) is 7.57. The van der Waals surface area contributed by atoms with E-state index >= 15 is 0 Å². The second-order valence-corrected chi connectivity index (χ2v) is 6.80. The molecule has 4 unspecified atom stereocenters. The molecule has 3 heteroatoms. The van der Waals surface area contributed by atoms with E-state index in [0.29, 0.717) is 24.1 Å². The van der Waals surface area contributed by atoms with Crippen LogP contribution in [0, 0.1) is 11.3 Å². The van der Waals surface area contributed by atoms with Gasteiger partial charge in [-0.1, -0.05) is 33.1 Å². The molecule has 2 aliphatic carbocycles. The summed E-state index contributed by atoms with van der Waals surface area (Å²) in [5.74, 6) is 0.671. The molecule has 0 aromatic heterocycles. The number of nitrogens with one attached hydrogen (secondary N) is 1. The number of hydrogen-bond donors (Lipinski definition) is 2. The molecule has 4 atom stereocenters. The molecule has 0 saturated heterocycles. The zero-order valence-corrected chi connectivity index (χ0v) is 12.2. The van der Waals surface area contributed by atoms with Crippen LogP contribution in [0.1, 0.15) is 52.4 Å². The fourth-order valence-corrected chi connectivity index (χ4v) is 3.59. The van der Waals surface area contributed by atoms with E-state index in [4.69, 9.17) is 10.5 Å². The Balaban J connectivity index is 1.78. The van der Waals surface area contributed by atoms with E-state index < -0.39 is 0 Å². The third-order valence-corrected chi connectivity index (χ3v) is 5.31. The van der Waals surface area contributed by atoms with Crippen molar-refractivity contribution in [3.8, 4) is 0 Å². The Labute approximate surface area is 112 Å². The molecule has 0 heterocycles. The van der Waals surface area contributed by atoms with Crippen LogP contribution in [-0.2, 0) is 4.74 Å². The molecule has 18 heavy (non-hydrogen) atoms. The molecule has 2 aliphatic rings. The van der Waals surface area contributed by atoms with Gasteiger partial charge in [-0.2, -0.15) is 0 Å². The Morgan fingerprint density at radius 1 is 1.22 bits per heavy atom. The Hall–Kier alpha value is -0.120. The second kappa shape index (κ2) is 5.89. The molecule has 0 radical (unpaired) electrons. The minimum absolute atomic E-state index is 0.267. The molecule has 0 aromatic carbocycles. The molecule has 2 rings (SSSR count). The van der Waals surface area contributed by atoms with Crippen LogP contribution in [0.15, 0.2) is 0 Å². The third kappa shape index (κ3) is 2.89. The van der Waals surface area contributed by atoms with Crippen LogP contribution < -0.4 is 11.1 Å². The lowest BCUT2D eigenvalue weighted by Crippen LogP contribution is -2.61. The van der Waals surface area contributed by atoms with E-state index in [-0.39, 0.29) is 5.41 Å². The summed E-state index contributed by atoms with van der Waals surface area (Å²) in [7, 11) is 1.82. The summed E-state index contributed by atoms with van der Waals surface area (Å²) in [4.78, 5) is 0. The lowest BCUT2D eigenvalue weighted by Gasteiger charge is -2.52. The molecule has 0 aromatic rings. The molecule has 3 nitrogen and oxygen atoms in total. The van der Waals surface area contributed by atoms with Crippen molar-refractivity contribution in [3.05, 3.63) is 0 Å². The molecule has 0 aliphatic heterocycles. The van der Waals surface area contributed by atoms with Crippen molar-refractivity contribution in [2.24, 2.45) is 17.1 Å². The fraction of sp³-hybridized carbons (Fsp3) is 1.00. The number of nitrogens with two attached hydrogens (primary N) is 1. The van der Waals surface area contributed by atoms with Crippen LogP contribution in [0.25, 0.3) is 0 Å². The van der Waals surface area contributed by atoms with Gasteiger partial charge in [0.25, 0.3) is 0 Å². The first-order valence-electron chi connectivity index (χ1n) is 7.57. The monoisotopic (exact) mass is 254 g/mol. The van der Waals surface area contributed by atoms with Crippen LogP contribution >= 0.6 is 0 Å². The SMILES string of the molecule is COC1CC(NCC2CCCCCC2N)C1(C)C. The Morgan fingerprint density at radius 3 is 2.61 bits per heavy atom. The van der Waals surface area contributed by atoms with Crippen molar-refractivity contribution in [1.82, 2.24) is 5.32 Å². The molecule has 2 saturated carbocycles.